The minimum absolute atomic E-state index is 0.0480. The Balaban J connectivity index is 1.50. The van der Waals surface area contributed by atoms with Crippen molar-refractivity contribution in [1.29, 1.82) is 0 Å². The van der Waals surface area contributed by atoms with Crippen LogP contribution in [-0.2, 0) is 10.0 Å². The number of rotatable bonds is 7. The van der Waals surface area contributed by atoms with Gasteiger partial charge in [0, 0.05) is 17.7 Å². The third-order valence-electron chi connectivity index (χ3n) is 4.75. The van der Waals surface area contributed by atoms with Gasteiger partial charge in [-0.05, 0) is 61.5 Å². The highest BCUT2D eigenvalue weighted by Gasteiger charge is 2.24. The summed E-state index contributed by atoms with van der Waals surface area (Å²) in [5.74, 6) is -0.976. The predicted octanol–water partition coefficient (Wildman–Crippen LogP) is 4.34. The largest absolute Gasteiger partial charge is 0.403 e. The maximum atomic E-state index is 13.4. The van der Waals surface area contributed by atoms with Crippen molar-refractivity contribution in [2.45, 2.75) is 11.8 Å². The summed E-state index contributed by atoms with van der Waals surface area (Å²) in [6, 6.07) is 19.7. The Kier molecular flexibility index (Phi) is 6.18. The van der Waals surface area contributed by atoms with Crippen LogP contribution in [0.3, 0.4) is 0 Å². The van der Waals surface area contributed by atoms with E-state index in [1.54, 1.807) is 37.3 Å². The number of aromatic nitrogens is 2. The van der Waals surface area contributed by atoms with Gasteiger partial charge in [0.25, 0.3) is 15.9 Å². The van der Waals surface area contributed by atoms with Gasteiger partial charge in [0.15, 0.2) is 0 Å². The number of nitrogens with zero attached hydrogens (tertiary/aromatic N) is 3. The van der Waals surface area contributed by atoms with Crippen molar-refractivity contribution in [1.82, 2.24) is 10.2 Å². The predicted molar refractivity (Wildman–Crippen MR) is 121 cm³/mol. The molecule has 1 N–H and O–H groups in total. The third kappa shape index (κ3) is 4.75. The lowest BCUT2D eigenvalue weighted by Crippen LogP contribution is -2.30. The summed E-state index contributed by atoms with van der Waals surface area (Å²) >= 11 is 0. The van der Waals surface area contributed by atoms with E-state index in [-0.39, 0.29) is 28.9 Å². The van der Waals surface area contributed by atoms with E-state index in [0.29, 0.717) is 11.3 Å². The normalized spacial score (nSPS) is 11.2. The van der Waals surface area contributed by atoms with Crippen LogP contribution in [0.5, 0.6) is 0 Å². The standard InChI is InChI=1S/C23H19FN4O4S/c1-2-28(19-9-4-3-5-10-19)33(30,31)20-13-11-16(12-14-20)21(29)25-23-27-26-22(32-23)17-7-6-8-18(24)15-17/h3-15H,2H2,1H3,(H,25,27,29). The second-order valence-electron chi connectivity index (χ2n) is 6.91. The van der Waals surface area contributed by atoms with Gasteiger partial charge in [-0.2, -0.15) is 0 Å². The second kappa shape index (κ2) is 9.21. The van der Waals surface area contributed by atoms with Gasteiger partial charge >= 0.3 is 6.01 Å². The van der Waals surface area contributed by atoms with Crippen molar-refractivity contribution in [3.63, 3.8) is 0 Å². The summed E-state index contributed by atoms with van der Waals surface area (Å²) < 4.78 is 46.1. The van der Waals surface area contributed by atoms with Crippen LogP contribution in [0.15, 0.2) is 88.2 Å². The van der Waals surface area contributed by atoms with Gasteiger partial charge in [-0.3, -0.25) is 14.4 Å². The van der Waals surface area contributed by atoms with Crippen LogP contribution in [0.1, 0.15) is 17.3 Å². The molecule has 0 saturated carbocycles. The smallest absolute Gasteiger partial charge is 0.322 e. The monoisotopic (exact) mass is 466 g/mol. The lowest BCUT2D eigenvalue weighted by molar-refractivity contribution is 0.102. The van der Waals surface area contributed by atoms with Crippen LogP contribution in [0.4, 0.5) is 16.1 Å². The number of halogens is 1. The van der Waals surface area contributed by atoms with E-state index in [9.17, 15) is 17.6 Å². The van der Waals surface area contributed by atoms with Crippen molar-refractivity contribution < 1.29 is 22.0 Å². The van der Waals surface area contributed by atoms with Gasteiger partial charge in [0.2, 0.25) is 5.89 Å². The molecule has 0 aliphatic rings. The molecule has 10 heteroatoms. The lowest BCUT2D eigenvalue weighted by atomic mass is 10.2. The molecule has 1 aromatic heterocycles. The molecule has 0 fully saturated rings. The first-order chi connectivity index (χ1) is 15.9. The quantitative estimate of drug-likeness (QED) is 0.434. The minimum Gasteiger partial charge on any atom is -0.403 e. The van der Waals surface area contributed by atoms with Gasteiger partial charge in [0.05, 0.1) is 10.6 Å². The van der Waals surface area contributed by atoms with Crippen LogP contribution in [0.2, 0.25) is 0 Å². The first-order valence-corrected chi connectivity index (χ1v) is 11.4. The van der Waals surface area contributed by atoms with E-state index in [2.05, 4.69) is 15.5 Å². The Labute approximate surface area is 189 Å². The number of nitrogens with one attached hydrogen (secondary N) is 1. The van der Waals surface area contributed by atoms with Crippen molar-refractivity contribution in [2.75, 3.05) is 16.2 Å². The maximum Gasteiger partial charge on any atom is 0.322 e. The molecule has 0 spiro atoms. The zero-order valence-electron chi connectivity index (χ0n) is 17.5. The van der Waals surface area contributed by atoms with Gasteiger partial charge < -0.3 is 4.42 Å². The number of sulfonamides is 1. The maximum absolute atomic E-state index is 13.4. The molecule has 1 heterocycles. The van der Waals surface area contributed by atoms with Crippen LogP contribution in [0.25, 0.3) is 11.5 Å². The average molecular weight is 466 g/mol. The van der Waals surface area contributed by atoms with Gasteiger partial charge in [-0.25, -0.2) is 12.8 Å². The molecule has 0 radical (unpaired) electrons. The number of amides is 1. The number of para-hydroxylation sites is 1. The van der Waals surface area contributed by atoms with Crippen LogP contribution >= 0.6 is 0 Å². The van der Waals surface area contributed by atoms with E-state index in [4.69, 9.17) is 4.42 Å². The molecule has 1 amide bonds. The number of hydrogen-bond donors (Lipinski definition) is 1. The third-order valence-corrected chi connectivity index (χ3v) is 6.67. The molecule has 8 nitrogen and oxygen atoms in total. The summed E-state index contributed by atoms with van der Waals surface area (Å²) in [5.41, 5.74) is 1.12. The van der Waals surface area contributed by atoms with E-state index in [1.807, 2.05) is 6.07 Å². The van der Waals surface area contributed by atoms with Crippen LogP contribution in [0, 0.1) is 5.82 Å². The fourth-order valence-corrected chi connectivity index (χ4v) is 4.65. The highest BCUT2D eigenvalue weighted by atomic mass is 32.2. The first-order valence-electron chi connectivity index (χ1n) is 9.97. The number of hydrogen-bond acceptors (Lipinski definition) is 6. The average Bonchev–Trinajstić information content (AvgIpc) is 3.29. The van der Waals surface area contributed by atoms with Crippen molar-refractivity contribution in [3.8, 4) is 11.5 Å². The van der Waals surface area contributed by atoms with Crippen molar-refractivity contribution >= 4 is 27.6 Å². The SMILES string of the molecule is CCN(c1ccccc1)S(=O)(=O)c1ccc(C(=O)Nc2nnc(-c3cccc(F)c3)o2)cc1. The fraction of sp³-hybridized carbons (Fsp3) is 0.0870. The summed E-state index contributed by atoms with van der Waals surface area (Å²) in [7, 11) is -3.81. The number of benzene rings is 3. The highest BCUT2D eigenvalue weighted by Crippen LogP contribution is 2.24. The number of carbonyl (C=O) groups is 1. The van der Waals surface area contributed by atoms with Crippen molar-refractivity contribution in [2.24, 2.45) is 0 Å². The lowest BCUT2D eigenvalue weighted by Gasteiger charge is -2.22. The Morgan fingerprint density at radius 1 is 1.00 bits per heavy atom. The highest BCUT2D eigenvalue weighted by molar-refractivity contribution is 7.92. The Hall–Kier alpha value is -4.05. The van der Waals surface area contributed by atoms with E-state index < -0.39 is 21.7 Å². The fourth-order valence-electron chi connectivity index (χ4n) is 3.17. The molecular formula is C23H19FN4O4S. The Morgan fingerprint density at radius 3 is 2.39 bits per heavy atom. The van der Waals surface area contributed by atoms with Crippen LogP contribution < -0.4 is 9.62 Å². The van der Waals surface area contributed by atoms with Gasteiger partial charge in [0.1, 0.15) is 5.82 Å². The molecule has 0 aliphatic carbocycles. The summed E-state index contributed by atoms with van der Waals surface area (Å²) in [5, 5.41) is 9.98. The molecule has 4 aromatic rings. The minimum atomic E-state index is -3.81. The molecule has 4 rings (SSSR count). The molecule has 33 heavy (non-hydrogen) atoms. The number of anilines is 2. The molecule has 3 aromatic carbocycles. The summed E-state index contributed by atoms with van der Waals surface area (Å²) in [4.78, 5) is 12.6. The summed E-state index contributed by atoms with van der Waals surface area (Å²) in [6.45, 7) is 1.99. The van der Waals surface area contributed by atoms with Gasteiger partial charge in [-0.1, -0.05) is 29.4 Å². The molecule has 0 bridgehead atoms. The molecule has 0 unspecified atom stereocenters. The van der Waals surface area contributed by atoms with Crippen molar-refractivity contribution in [3.05, 3.63) is 90.2 Å². The topological polar surface area (TPSA) is 105 Å². The Bertz CT molecular complexity index is 1370. The molecule has 0 saturated heterocycles. The van der Waals surface area contributed by atoms with E-state index in [0.717, 1.165) is 0 Å². The molecule has 0 aliphatic heterocycles. The second-order valence-corrected chi connectivity index (χ2v) is 8.77. The zero-order chi connectivity index (χ0) is 23.4. The van der Waals surface area contributed by atoms with Gasteiger partial charge in [-0.15, -0.1) is 5.10 Å². The molecule has 0 atom stereocenters. The first kappa shape index (κ1) is 22.2. The Morgan fingerprint density at radius 2 is 1.73 bits per heavy atom. The van der Waals surface area contributed by atoms with Crippen LogP contribution in [-0.4, -0.2) is 31.1 Å². The van der Waals surface area contributed by atoms with E-state index >= 15 is 0 Å². The zero-order valence-corrected chi connectivity index (χ0v) is 18.3. The molecule has 168 valence electrons. The number of carbonyl (C=O) groups excluding carboxylic acids is 1. The summed E-state index contributed by atoms with van der Waals surface area (Å²) in [6.07, 6.45) is 0. The molecular weight excluding hydrogens is 447 g/mol. The van der Waals surface area contributed by atoms with E-state index in [1.165, 1.54) is 46.8 Å².